The van der Waals surface area contributed by atoms with E-state index in [0.29, 0.717) is 6.54 Å². The lowest BCUT2D eigenvalue weighted by Gasteiger charge is -2.42. The summed E-state index contributed by atoms with van der Waals surface area (Å²) in [6, 6.07) is 23.9. The van der Waals surface area contributed by atoms with Crippen LogP contribution in [0.25, 0.3) is 11.1 Å². The van der Waals surface area contributed by atoms with Crippen LogP contribution in [0.5, 0.6) is 0 Å². The number of carboxylic acid groups (broad SMARTS) is 1. The van der Waals surface area contributed by atoms with Crippen molar-refractivity contribution < 1.29 is 29.3 Å². The summed E-state index contributed by atoms with van der Waals surface area (Å²) in [4.78, 5) is 24.8. The van der Waals surface area contributed by atoms with Gasteiger partial charge in [0.1, 0.15) is 0 Å². The summed E-state index contributed by atoms with van der Waals surface area (Å²) in [5.41, 5.74) is 5.77. The first-order valence-electron chi connectivity index (χ1n) is 14.2. The highest BCUT2D eigenvalue weighted by atomic mass is 16.7. The Morgan fingerprint density at radius 2 is 1.67 bits per heavy atom. The van der Waals surface area contributed by atoms with Crippen molar-refractivity contribution in [3.8, 4) is 11.1 Å². The van der Waals surface area contributed by atoms with Crippen LogP contribution in [0.2, 0.25) is 0 Å². The molecule has 3 aromatic rings. The van der Waals surface area contributed by atoms with E-state index in [0.717, 1.165) is 46.5 Å². The molecule has 0 aliphatic carbocycles. The van der Waals surface area contributed by atoms with Crippen molar-refractivity contribution in [1.82, 2.24) is 10.2 Å². The van der Waals surface area contributed by atoms with Crippen molar-refractivity contribution in [3.05, 3.63) is 108 Å². The summed E-state index contributed by atoms with van der Waals surface area (Å²) < 4.78 is 13.1. The molecule has 1 aliphatic heterocycles. The van der Waals surface area contributed by atoms with Crippen LogP contribution < -0.4 is 5.32 Å². The van der Waals surface area contributed by atoms with Gasteiger partial charge in [-0.2, -0.15) is 0 Å². The monoisotopic (exact) mass is 572 g/mol. The van der Waals surface area contributed by atoms with Gasteiger partial charge in [0.15, 0.2) is 6.29 Å². The summed E-state index contributed by atoms with van der Waals surface area (Å²) in [6.07, 6.45) is 0.856. The number of hydrogen-bond acceptors (Lipinski definition) is 6. The van der Waals surface area contributed by atoms with Gasteiger partial charge in [0.25, 0.3) is 0 Å². The minimum Gasteiger partial charge on any atom is -0.481 e. The third kappa shape index (κ3) is 8.36. The minimum atomic E-state index is -0.989. The number of likely N-dealkylation sites (N-methyl/N-ethyl adjacent to an activating group) is 1. The highest BCUT2D eigenvalue weighted by molar-refractivity contribution is 5.80. The molecule has 4 rings (SSSR count). The molecule has 1 fully saturated rings. The van der Waals surface area contributed by atoms with Gasteiger partial charge in [0.2, 0.25) is 5.91 Å². The Balaban J connectivity index is 1.49. The maximum atomic E-state index is 11.9. The maximum absolute atomic E-state index is 11.9. The fourth-order valence-corrected chi connectivity index (χ4v) is 5.13. The number of rotatable bonds is 13. The Morgan fingerprint density at radius 3 is 2.33 bits per heavy atom. The molecule has 3 N–H and O–H groups in total. The summed E-state index contributed by atoms with van der Waals surface area (Å²) in [7, 11) is 2.05. The van der Waals surface area contributed by atoms with Crippen LogP contribution in [-0.2, 0) is 32.2 Å². The Labute approximate surface area is 247 Å². The number of carbonyl (C=O) groups is 2. The van der Waals surface area contributed by atoms with Crippen LogP contribution in [0.4, 0.5) is 0 Å². The second-order valence-electron chi connectivity index (χ2n) is 10.8. The molecular weight excluding hydrogens is 532 g/mol. The van der Waals surface area contributed by atoms with Crippen molar-refractivity contribution in [2.75, 3.05) is 20.1 Å². The molecule has 0 saturated carbocycles. The van der Waals surface area contributed by atoms with E-state index in [9.17, 15) is 14.7 Å². The van der Waals surface area contributed by atoms with Gasteiger partial charge in [-0.05, 0) is 40.9 Å². The second-order valence-corrected chi connectivity index (χ2v) is 10.8. The number of aliphatic hydroxyl groups excluding tert-OH is 1. The van der Waals surface area contributed by atoms with E-state index in [4.69, 9.17) is 14.6 Å². The number of amides is 1. The largest absolute Gasteiger partial charge is 0.481 e. The van der Waals surface area contributed by atoms with Crippen LogP contribution >= 0.6 is 0 Å². The number of benzene rings is 3. The Hall–Kier alpha value is -3.82. The van der Waals surface area contributed by atoms with E-state index in [2.05, 4.69) is 30.8 Å². The van der Waals surface area contributed by atoms with Crippen molar-refractivity contribution in [2.45, 2.75) is 51.4 Å². The molecule has 8 nitrogen and oxygen atoms in total. The molecule has 0 unspecified atom stereocenters. The number of carboxylic acids is 1. The van der Waals surface area contributed by atoms with Gasteiger partial charge in [-0.1, -0.05) is 79.7 Å². The Bertz CT molecular complexity index is 1340. The van der Waals surface area contributed by atoms with E-state index < -0.39 is 12.3 Å². The van der Waals surface area contributed by atoms with Crippen molar-refractivity contribution in [1.29, 1.82) is 0 Å². The number of aliphatic carboxylic acids is 1. The quantitative estimate of drug-likeness (QED) is 0.241. The van der Waals surface area contributed by atoms with Crippen LogP contribution in [0.3, 0.4) is 0 Å². The van der Waals surface area contributed by atoms with E-state index in [-0.39, 0.29) is 43.5 Å². The first kappa shape index (κ1) is 31.1. The van der Waals surface area contributed by atoms with Gasteiger partial charge < -0.3 is 29.9 Å². The number of ether oxygens (including phenoxy) is 2. The molecule has 0 aromatic heterocycles. The van der Waals surface area contributed by atoms with E-state index in [1.165, 1.54) is 0 Å². The molecule has 0 spiro atoms. The molecule has 0 bridgehead atoms. The van der Waals surface area contributed by atoms with Gasteiger partial charge in [0, 0.05) is 37.5 Å². The molecular formula is C34H40N2O6. The van der Waals surface area contributed by atoms with E-state index >= 15 is 0 Å². The number of nitrogens with zero attached hydrogens (tertiary/aromatic N) is 1. The average molecular weight is 573 g/mol. The molecule has 1 amide bonds. The SMILES string of the molecule is C=CCN(C)C[C@H]1O[C@@H](c2ccc(-c3cccc(CNC(=O)CCC(=O)O)c3)cc2)O[C@@H](c2ccc(CO)cc2)[C@H]1C. The predicted octanol–water partition coefficient (Wildman–Crippen LogP) is 5.24. The van der Waals surface area contributed by atoms with Gasteiger partial charge in [-0.15, -0.1) is 6.58 Å². The van der Waals surface area contributed by atoms with Crippen molar-refractivity contribution in [2.24, 2.45) is 5.92 Å². The van der Waals surface area contributed by atoms with Gasteiger partial charge in [-0.25, -0.2) is 0 Å². The standard InChI is InChI=1S/C34H40N2O6/c1-4-18-36(3)21-30-23(2)33(27-10-8-24(22-37)9-11-27)42-34(41-30)28-14-12-26(13-15-28)29-7-5-6-25(19-29)20-35-31(38)16-17-32(39)40/h4-15,19,23,30,33-34,37H,1,16-18,20-22H2,2-3H3,(H,35,38)(H,39,40)/t23-,30+,33+,34+/m0/s1. The van der Waals surface area contributed by atoms with Gasteiger partial charge >= 0.3 is 5.97 Å². The molecule has 1 aliphatic rings. The predicted molar refractivity (Wildman–Crippen MR) is 161 cm³/mol. The first-order valence-corrected chi connectivity index (χ1v) is 14.2. The lowest BCUT2D eigenvalue weighted by atomic mass is 9.90. The highest BCUT2D eigenvalue weighted by Gasteiger charge is 2.38. The summed E-state index contributed by atoms with van der Waals surface area (Å²) >= 11 is 0. The van der Waals surface area contributed by atoms with Gasteiger partial charge in [-0.3, -0.25) is 9.59 Å². The number of aliphatic hydroxyl groups is 1. The number of carbonyl (C=O) groups excluding carboxylic acids is 1. The zero-order valence-corrected chi connectivity index (χ0v) is 24.2. The zero-order chi connectivity index (χ0) is 30.1. The van der Waals surface area contributed by atoms with Crippen LogP contribution in [0, 0.1) is 5.92 Å². The van der Waals surface area contributed by atoms with E-state index in [1.807, 2.05) is 78.9 Å². The smallest absolute Gasteiger partial charge is 0.303 e. The maximum Gasteiger partial charge on any atom is 0.303 e. The molecule has 0 radical (unpaired) electrons. The second kappa shape index (κ2) is 14.9. The molecule has 1 saturated heterocycles. The van der Waals surface area contributed by atoms with Crippen LogP contribution in [0.1, 0.15) is 54.4 Å². The summed E-state index contributed by atoms with van der Waals surface area (Å²) in [5, 5.41) is 21.0. The number of nitrogens with one attached hydrogen (secondary N) is 1. The summed E-state index contributed by atoms with van der Waals surface area (Å²) in [6.45, 7) is 7.83. The number of hydrogen-bond donors (Lipinski definition) is 3. The average Bonchev–Trinajstić information content (AvgIpc) is 3.00. The van der Waals surface area contributed by atoms with Crippen molar-refractivity contribution in [3.63, 3.8) is 0 Å². The van der Waals surface area contributed by atoms with Crippen LogP contribution in [-0.4, -0.2) is 53.2 Å². The minimum absolute atomic E-state index is 0.00124. The molecule has 1 heterocycles. The van der Waals surface area contributed by atoms with Crippen molar-refractivity contribution >= 4 is 11.9 Å². The molecule has 3 aromatic carbocycles. The first-order chi connectivity index (χ1) is 20.3. The molecule has 42 heavy (non-hydrogen) atoms. The third-order valence-electron chi connectivity index (χ3n) is 7.55. The molecule has 4 atom stereocenters. The fraction of sp³-hybridized carbons (Fsp3) is 0.353. The summed E-state index contributed by atoms with van der Waals surface area (Å²) in [5.74, 6) is -1.18. The normalized spacial score (nSPS) is 20.3. The fourth-order valence-electron chi connectivity index (χ4n) is 5.13. The lowest BCUT2D eigenvalue weighted by molar-refractivity contribution is -0.275. The molecule has 8 heteroatoms. The third-order valence-corrected chi connectivity index (χ3v) is 7.55. The molecule has 222 valence electrons. The van der Waals surface area contributed by atoms with E-state index in [1.54, 1.807) is 0 Å². The zero-order valence-electron chi connectivity index (χ0n) is 24.2. The Kier molecular flexibility index (Phi) is 11.0. The topological polar surface area (TPSA) is 108 Å². The lowest BCUT2D eigenvalue weighted by Crippen LogP contribution is -2.43. The Morgan fingerprint density at radius 1 is 0.952 bits per heavy atom. The van der Waals surface area contributed by atoms with Gasteiger partial charge in [0.05, 0.1) is 25.2 Å². The highest BCUT2D eigenvalue weighted by Crippen LogP contribution is 2.42. The van der Waals surface area contributed by atoms with Crippen LogP contribution in [0.15, 0.2) is 85.5 Å².